The summed E-state index contributed by atoms with van der Waals surface area (Å²) in [7, 11) is 0. The Bertz CT molecular complexity index is 575. The second-order valence-electron chi connectivity index (χ2n) is 5.21. The average molecular weight is 290 g/mol. The molecule has 2 heterocycles. The first kappa shape index (κ1) is 15.2. The van der Waals surface area contributed by atoms with Gasteiger partial charge < -0.3 is 15.5 Å². The van der Waals surface area contributed by atoms with E-state index in [1.807, 2.05) is 19.1 Å². The van der Waals surface area contributed by atoms with Gasteiger partial charge in [-0.15, -0.1) is 0 Å². The topological polar surface area (TPSA) is 96.9 Å². The monoisotopic (exact) mass is 290 g/mol. The molecule has 0 bridgehead atoms. The zero-order valence-electron chi connectivity index (χ0n) is 12.5. The van der Waals surface area contributed by atoms with Crippen LogP contribution in [0.25, 0.3) is 0 Å². The van der Waals surface area contributed by atoms with Crippen LogP contribution in [-0.2, 0) is 12.8 Å². The summed E-state index contributed by atoms with van der Waals surface area (Å²) in [5.41, 5.74) is 7.50. The summed E-state index contributed by atoms with van der Waals surface area (Å²) in [5, 5.41) is 9.76. The van der Waals surface area contributed by atoms with Gasteiger partial charge in [-0.1, -0.05) is 13.3 Å². The molecule has 0 radical (unpaired) electrons. The van der Waals surface area contributed by atoms with Crippen LogP contribution in [0.4, 0.5) is 5.69 Å². The molecule has 4 N–H and O–H groups in total. The molecule has 114 valence electrons. The maximum absolute atomic E-state index is 12.2. The van der Waals surface area contributed by atoms with E-state index in [0.29, 0.717) is 5.69 Å². The van der Waals surface area contributed by atoms with Crippen molar-refractivity contribution in [1.29, 1.82) is 0 Å². The normalized spacial score (nSPS) is 12.3. The highest BCUT2D eigenvalue weighted by atomic mass is 16.3. The van der Waals surface area contributed by atoms with E-state index in [-0.39, 0.29) is 17.6 Å². The Morgan fingerprint density at radius 2 is 2.33 bits per heavy atom. The van der Waals surface area contributed by atoms with Crippen LogP contribution in [0.5, 0.6) is 0 Å². The third-order valence-corrected chi connectivity index (χ3v) is 3.38. The minimum atomic E-state index is -0.238. The predicted molar refractivity (Wildman–Crippen MR) is 81.0 cm³/mol. The predicted octanol–water partition coefficient (Wildman–Crippen LogP) is 2.29. The Hall–Kier alpha value is -2.24. The van der Waals surface area contributed by atoms with Crippen molar-refractivity contribution in [3.05, 3.63) is 35.5 Å². The standard InChI is InChI=1S/C15H22N4O2/c1-3-5-12-13(16)14(19-18-12)15(20)17-10(2)7-8-11-6-4-9-21-11/h4,6,9-10H,3,5,7-8,16H2,1-2H3,(H,17,20)(H,18,19). The van der Waals surface area contributed by atoms with E-state index < -0.39 is 0 Å². The summed E-state index contributed by atoms with van der Waals surface area (Å²) < 4.78 is 5.27. The number of nitrogens with zero attached hydrogens (tertiary/aromatic N) is 1. The van der Waals surface area contributed by atoms with Crippen LogP contribution < -0.4 is 11.1 Å². The van der Waals surface area contributed by atoms with E-state index in [1.165, 1.54) is 0 Å². The van der Waals surface area contributed by atoms with Crippen LogP contribution in [0.3, 0.4) is 0 Å². The van der Waals surface area contributed by atoms with E-state index in [0.717, 1.165) is 37.1 Å². The third kappa shape index (κ3) is 3.87. The molecular formula is C15H22N4O2. The van der Waals surface area contributed by atoms with Gasteiger partial charge in [0.25, 0.3) is 5.91 Å². The number of aromatic amines is 1. The Balaban J connectivity index is 1.88. The number of rotatable bonds is 7. The van der Waals surface area contributed by atoms with Gasteiger partial charge in [-0.25, -0.2) is 0 Å². The molecule has 2 aromatic rings. The van der Waals surface area contributed by atoms with Gasteiger partial charge in [0.1, 0.15) is 5.76 Å². The van der Waals surface area contributed by atoms with Crippen molar-refractivity contribution in [3.8, 4) is 0 Å². The Morgan fingerprint density at radius 3 is 3.00 bits per heavy atom. The quantitative estimate of drug-likeness (QED) is 0.728. The molecule has 0 fully saturated rings. The molecular weight excluding hydrogens is 268 g/mol. The minimum Gasteiger partial charge on any atom is -0.469 e. The number of nitrogens with one attached hydrogen (secondary N) is 2. The number of anilines is 1. The van der Waals surface area contributed by atoms with Gasteiger partial charge >= 0.3 is 0 Å². The molecule has 6 nitrogen and oxygen atoms in total. The molecule has 0 aliphatic heterocycles. The molecule has 0 spiro atoms. The number of aromatic nitrogens is 2. The average Bonchev–Trinajstić information content (AvgIpc) is 3.08. The number of nitrogens with two attached hydrogens (primary N) is 1. The van der Waals surface area contributed by atoms with Gasteiger partial charge in [0, 0.05) is 12.5 Å². The highest BCUT2D eigenvalue weighted by molar-refractivity contribution is 5.97. The molecule has 1 amide bonds. The van der Waals surface area contributed by atoms with Gasteiger partial charge in [0.15, 0.2) is 5.69 Å². The number of amides is 1. The number of hydrogen-bond donors (Lipinski definition) is 3. The molecule has 21 heavy (non-hydrogen) atoms. The van der Waals surface area contributed by atoms with Gasteiger partial charge in [-0.05, 0) is 31.9 Å². The number of furan rings is 1. The molecule has 2 rings (SSSR count). The maximum atomic E-state index is 12.2. The van der Waals surface area contributed by atoms with Crippen LogP contribution >= 0.6 is 0 Å². The van der Waals surface area contributed by atoms with Crippen molar-refractivity contribution < 1.29 is 9.21 Å². The number of H-pyrrole nitrogens is 1. The summed E-state index contributed by atoms with van der Waals surface area (Å²) in [4.78, 5) is 12.2. The lowest BCUT2D eigenvalue weighted by molar-refractivity contribution is 0.0934. The summed E-state index contributed by atoms with van der Waals surface area (Å²) in [6.45, 7) is 4.01. The van der Waals surface area contributed by atoms with Crippen molar-refractivity contribution in [1.82, 2.24) is 15.5 Å². The van der Waals surface area contributed by atoms with Crippen molar-refractivity contribution >= 4 is 11.6 Å². The molecule has 1 unspecified atom stereocenters. The second kappa shape index (κ2) is 6.97. The minimum absolute atomic E-state index is 0.0216. The van der Waals surface area contributed by atoms with Gasteiger partial charge in [0.05, 0.1) is 17.6 Å². The van der Waals surface area contributed by atoms with Crippen LogP contribution in [0, 0.1) is 0 Å². The SMILES string of the molecule is CCCc1[nH]nc(C(=O)NC(C)CCc2ccco2)c1N. The zero-order chi connectivity index (χ0) is 15.2. The lowest BCUT2D eigenvalue weighted by Gasteiger charge is -2.12. The molecule has 0 saturated carbocycles. The van der Waals surface area contributed by atoms with Crippen molar-refractivity contribution in [3.63, 3.8) is 0 Å². The van der Waals surface area contributed by atoms with E-state index in [1.54, 1.807) is 6.26 Å². The first-order valence-electron chi connectivity index (χ1n) is 7.27. The highest BCUT2D eigenvalue weighted by Gasteiger charge is 2.18. The highest BCUT2D eigenvalue weighted by Crippen LogP contribution is 2.16. The summed E-state index contributed by atoms with van der Waals surface area (Å²) in [6, 6.07) is 3.81. The maximum Gasteiger partial charge on any atom is 0.274 e. The smallest absolute Gasteiger partial charge is 0.274 e. The molecule has 0 saturated heterocycles. The number of hydrogen-bond acceptors (Lipinski definition) is 4. The molecule has 0 aliphatic carbocycles. The van der Waals surface area contributed by atoms with E-state index >= 15 is 0 Å². The lowest BCUT2D eigenvalue weighted by Crippen LogP contribution is -2.33. The van der Waals surface area contributed by atoms with Crippen LogP contribution in [0.2, 0.25) is 0 Å². The molecule has 2 aromatic heterocycles. The molecule has 0 aliphatic rings. The molecule has 1 atom stereocenters. The first-order chi connectivity index (χ1) is 10.1. The summed E-state index contributed by atoms with van der Waals surface area (Å²) in [6.07, 6.45) is 4.97. The summed E-state index contributed by atoms with van der Waals surface area (Å²) >= 11 is 0. The number of carbonyl (C=O) groups is 1. The van der Waals surface area contributed by atoms with Gasteiger partial charge in [0.2, 0.25) is 0 Å². The third-order valence-electron chi connectivity index (χ3n) is 3.38. The Labute approximate surface area is 124 Å². The number of carbonyl (C=O) groups excluding carboxylic acids is 1. The van der Waals surface area contributed by atoms with Crippen molar-refractivity contribution in [2.45, 2.75) is 45.6 Å². The van der Waals surface area contributed by atoms with E-state index in [2.05, 4.69) is 22.4 Å². The van der Waals surface area contributed by atoms with E-state index in [4.69, 9.17) is 10.2 Å². The lowest BCUT2D eigenvalue weighted by atomic mass is 10.1. The zero-order valence-corrected chi connectivity index (χ0v) is 12.5. The summed E-state index contributed by atoms with van der Waals surface area (Å²) in [5.74, 6) is 0.679. The number of nitrogen functional groups attached to an aromatic ring is 1. The van der Waals surface area contributed by atoms with Gasteiger partial charge in [-0.3, -0.25) is 9.89 Å². The second-order valence-corrected chi connectivity index (χ2v) is 5.21. The fourth-order valence-electron chi connectivity index (χ4n) is 2.18. The van der Waals surface area contributed by atoms with Crippen molar-refractivity contribution in [2.24, 2.45) is 0 Å². The fraction of sp³-hybridized carbons (Fsp3) is 0.467. The van der Waals surface area contributed by atoms with Crippen LogP contribution in [0.15, 0.2) is 22.8 Å². The molecule has 0 aromatic carbocycles. The first-order valence-corrected chi connectivity index (χ1v) is 7.27. The van der Waals surface area contributed by atoms with Crippen LogP contribution in [0.1, 0.15) is 48.6 Å². The Morgan fingerprint density at radius 1 is 1.52 bits per heavy atom. The van der Waals surface area contributed by atoms with Crippen LogP contribution in [-0.4, -0.2) is 22.1 Å². The van der Waals surface area contributed by atoms with E-state index in [9.17, 15) is 4.79 Å². The number of aryl methyl sites for hydroxylation is 2. The van der Waals surface area contributed by atoms with Crippen molar-refractivity contribution in [2.75, 3.05) is 5.73 Å². The van der Waals surface area contributed by atoms with Gasteiger partial charge in [-0.2, -0.15) is 5.10 Å². The largest absolute Gasteiger partial charge is 0.469 e. The fourth-order valence-corrected chi connectivity index (χ4v) is 2.18. The Kier molecular flexibility index (Phi) is 5.03. The molecule has 6 heteroatoms.